The fourth-order valence-electron chi connectivity index (χ4n) is 2.66. The molecular formula is C18H18Cl2N4O3S. The molecule has 0 atom stereocenters. The van der Waals surface area contributed by atoms with E-state index in [0.717, 1.165) is 5.39 Å². The molecule has 0 aliphatic heterocycles. The van der Waals surface area contributed by atoms with Crippen LogP contribution in [0.3, 0.4) is 0 Å². The zero-order valence-corrected chi connectivity index (χ0v) is 17.7. The number of aliphatic hydroxyl groups excluding tert-OH is 1. The number of halogens is 2. The molecule has 3 rings (SSSR count). The van der Waals surface area contributed by atoms with Crippen LogP contribution in [0.2, 0.25) is 10.0 Å². The van der Waals surface area contributed by atoms with E-state index in [1.54, 1.807) is 18.3 Å². The van der Waals surface area contributed by atoms with Crippen LogP contribution >= 0.6 is 35.0 Å². The molecule has 0 fully saturated rings. The van der Waals surface area contributed by atoms with E-state index in [4.69, 9.17) is 32.7 Å². The Bertz CT molecular complexity index is 992. The SMILES string of the molecule is COc1cc(OC)c(Cl)c(-c2cc3cnc(SC)nc3c(NCCO)n2)c1Cl. The fourth-order valence-corrected chi connectivity index (χ4v) is 3.69. The van der Waals surface area contributed by atoms with Crippen molar-refractivity contribution < 1.29 is 14.6 Å². The number of benzene rings is 1. The number of nitrogens with one attached hydrogen (secondary N) is 1. The van der Waals surface area contributed by atoms with Gasteiger partial charge in [-0.05, 0) is 12.3 Å². The largest absolute Gasteiger partial charge is 0.495 e. The number of pyridine rings is 1. The Morgan fingerprint density at radius 1 is 1.11 bits per heavy atom. The molecule has 2 N–H and O–H groups in total. The summed E-state index contributed by atoms with van der Waals surface area (Å²) < 4.78 is 10.7. The van der Waals surface area contributed by atoms with Gasteiger partial charge in [0.15, 0.2) is 11.0 Å². The third-order valence-electron chi connectivity index (χ3n) is 3.96. The molecule has 0 radical (unpaired) electrons. The van der Waals surface area contributed by atoms with Crippen molar-refractivity contribution in [3.8, 4) is 22.8 Å². The Kier molecular flexibility index (Phi) is 6.66. The number of hydrogen-bond donors (Lipinski definition) is 2. The van der Waals surface area contributed by atoms with Crippen molar-refractivity contribution >= 4 is 51.7 Å². The van der Waals surface area contributed by atoms with Gasteiger partial charge in [-0.25, -0.2) is 15.0 Å². The van der Waals surface area contributed by atoms with E-state index in [9.17, 15) is 5.11 Å². The van der Waals surface area contributed by atoms with Crippen molar-refractivity contribution in [2.75, 3.05) is 38.9 Å². The van der Waals surface area contributed by atoms with E-state index < -0.39 is 0 Å². The summed E-state index contributed by atoms with van der Waals surface area (Å²) in [5, 5.41) is 14.3. The quantitative estimate of drug-likeness (QED) is 0.418. The van der Waals surface area contributed by atoms with Gasteiger partial charge in [0.1, 0.15) is 17.0 Å². The van der Waals surface area contributed by atoms with Crippen LogP contribution in [-0.2, 0) is 0 Å². The van der Waals surface area contributed by atoms with Crippen LogP contribution in [0.1, 0.15) is 0 Å². The zero-order chi connectivity index (χ0) is 20.3. The predicted octanol–water partition coefficient (Wildman–Crippen LogP) is 4.14. The van der Waals surface area contributed by atoms with Crippen molar-refractivity contribution in [1.29, 1.82) is 0 Å². The first-order chi connectivity index (χ1) is 13.5. The second-order valence-electron chi connectivity index (χ2n) is 5.59. The van der Waals surface area contributed by atoms with Crippen molar-refractivity contribution in [2.45, 2.75) is 5.16 Å². The maximum atomic E-state index is 9.21. The Balaban J connectivity index is 2.29. The number of nitrogens with zero attached hydrogens (tertiary/aromatic N) is 3. The van der Waals surface area contributed by atoms with Crippen molar-refractivity contribution in [2.24, 2.45) is 0 Å². The standard InChI is InChI=1S/C18H18Cl2N4O3S/c1-26-11-7-12(27-2)15(20)13(14(11)19)10-6-9-8-22-18(28-3)24-16(9)17(23-10)21-4-5-25/h6-8,25H,4-5H2,1-3H3,(H,21,23). The summed E-state index contributed by atoms with van der Waals surface area (Å²) in [6.07, 6.45) is 3.61. The van der Waals surface area contributed by atoms with Crippen LogP contribution in [0.5, 0.6) is 11.5 Å². The summed E-state index contributed by atoms with van der Waals surface area (Å²) in [6.45, 7) is 0.259. The Hall–Kier alpha value is -2.00. The molecule has 0 aliphatic carbocycles. The molecule has 28 heavy (non-hydrogen) atoms. The molecule has 2 aromatic heterocycles. The summed E-state index contributed by atoms with van der Waals surface area (Å²) in [5.74, 6) is 1.32. The lowest BCUT2D eigenvalue weighted by Gasteiger charge is -2.16. The minimum atomic E-state index is -0.0532. The molecule has 0 saturated carbocycles. The summed E-state index contributed by atoms with van der Waals surface area (Å²) in [6, 6.07) is 3.42. The first kappa shape index (κ1) is 20.7. The Morgan fingerprint density at radius 2 is 1.79 bits per heavy atom. The van der Waals surface area contributed by atoms with Crippen LogP contribution in [0.25, 0.3) is 22.2 Å². The molecule has 0 spiro atoms. The molecule has 10 heteroatoms. The highest BCUT2D eigenvalue weighted by Gasteiger charge is 2.21. The van der Waals surface area contributed by atoms with Gasteiger partial charge in [-0.15, -0.1) is 0 Å². The van der Waals surface area contributed by atoms with Gasteiger partial charge in [-0.1, -0.05) is 35.0 Å². The van der Waals surface area contributed by atoms with Crippen LogP contribution in [0.4, 0.5) is 5.82 Å². The number of fused-ring (bicyclic) bond motifs is 1. The average Bonchev–Trinajstić information content (AvgIpc) is 2.72. The Labute approximate surface area is 176 Å². The molecule has 7 nitrogen and oxygen atoms in total. The van der Waals surface area contributed by atoms with Gasteiger partial charge in [-0.2, -0.15) is 0 Å². The summed E-state index contributed by atoms with van der Waals surface area (Å²) >= 11 is 14.5. The van der Waals surface area contributed by atoms with Crippen LogP contribution in [0, 0.1) is 0 Å². The average molecular weight is 441 g/mol. The van der Waals surface area contributed by atoms with Crippen molar-refractivity contribution in [1.82, 2.24) is 15.0 Å². The predicted molar refractivity (Wildman–Crippen MR) is 113 cm³/mol. The fraction of sp³-hybridized carbons (Fsp3) is 0.278. The van der Waals surface area contributed by atoms with Gasteiger partial charge in [-0.3, -0.25) is 0 Å². The number of rotatable bonds is 7. The second-order valence-corrected chi connectivity index (χ2v) is 7.11. The molecule has 0 amide bonds. The number of aromatic nitrogens is 3. The van der Waals surface area contributed by atoms with Crippen LogP contribution in [0.15, 0.2) is 23.5 Å². The molecule has 148 valence electrons. The van der Waals surface area contributed by atoms with Crippen molar-refractivity contribution in [3.05, 3.63) is 28.4 Å². The van der Waals surface area contributed by atoms with Crippen LogP contribution < -0.4 is 14.8 Å². The topological polar surface area (TPSA) is 89.4 Å². The summed E-state index contributed by atoms with van der Waals surface area (Å²) in [7, 11) is 3.02. The van der Waals surface area contributed by atoms with Gasteiger partial charge in [0, 0.05) is 29.8 Å². The minimum absolute atomic E-state index is 0.0532. The number of anilines is 1. The highest BCUT2D eigenvalue weighted by molar-refractivity contribution is 7.98. The van der Waals surface area contributed by atoms with E-state index in [1.165, 1.54) is 26.0 Å². The number of hydrogen-bond acceptors (Lipinski definition) is 8. The van der Waals surface area contributed by atoms with E-state index >= 15 is 0 Å². The van der Waals surface area contributed by atoms with E-state index in [-0.39, 0.29) is 6.61 Å². The maximum Gasteiger partial charge on any atom is 0.187 e. The first-order valence-corrected chi connectivity index (χ1v) is 10.2. The summed E-state index contributed by atoms with van der Waals surface area (Å²) in [5.41, 5.74) is 1.61. The maximum absolute atomic E-state index is 9.21. The minimum Gasteiger partial charge on any atom is -0.495 e. The first-order valence-electron chi connectivity index (χ1n) is 8.20. The molecule has 1 aromatic carbocycles. The van der Waals surface area contributed by atoms with Gasteiger partial charge in [0.2, 0.25) is 0 Å². The zero-order valence-electron chi connectivity index (χ0n) is 15.4. The molecular weight excluding hydrogens is 423 g/mol. The Morgan fingerprint density at radius 3 is 2.36 bits per heavy atom. The normalized spacial score (nSPS) is 10.9. The lowest BCUT2D eigenvalue weighted by atomic mass is 10.1. The molecule has 0 bridgehead atoms. The van der Waals surface area contributed by atoms with E-state index in [2.05, 4.69) is 20.3 Å². The van der Waals surface area contributed by atoms with Gasteiger partial charge < -0.3 is 19.9 Å². The highest BCUT2D eigenvalue weighted by atomic mass is 35.5. The lowest BCUT2D eigenvalue weighted by molar-refractivity contribution is 0.311. The second kappa shape index (κ2) is 9.00. The highest BCUT2D eigenvalue weighted by Crippen LogP contribution is 2.46. The summed E-state index contributed by atoms with van der Waals surface area (Å²) in [4.78, 5) is 13.5. The molecule has 0 unspecified atom stereocenters. The number of thioether (sulfide) groups is 1. The lowest BCUT2D eigenvalue weighted by Crippen LogP contribution is -2.09. The van der Waals surface area contributed by atoms with Crippen molar-refractivity contribution in [3.63, 3.8) is 0 Å². The molecule has 2 heterocycles. The molecule has 0 saturated heterocycles. The molecule has 3 aromatic rings. The van der Waals surface area contributed by atoms with Gasteiger partial charge in [0.05, 0.1) is 36.6 Å². The van der Waals surface area contributed by atoms with E-state index in [1.807, 2.05) is 6.26 Å². The number of methoxy groups -OCH3 is 2. The third kappa shape index (κ3) is 3.91. The number of aliphatic hydroxyl groups is 1. The van der Waals surface area contributed by atoms with Gasteiger partial charge in [0.25, 0.3) is 0 Å². The van der Waals surface area contributed by atoms with Crippen LogP contribution in [-0.4, -0.2) is 53.7 Å². The third-order valence-corrected chi connectivity index (χ3v) is 5.27. The monoisotopic (exact) mass is 440 g/mol. The number of ether oxygens (including phenoxy) is 2. The smallest absolute Gasteiger partial charge is 0.187 e. The van der Waals surface area contributed by atoms with E-state index in [0.29, 0.717) is 55.8 Å². The van der Waals surface area contributed by atoms with Gasteiger partial charge >= 0.3 is 0 Å². The molecule has 0 aliphatic rings.